The molecule has 1 aromatic rings. The van der Waals surface area contributed by atoms with Gasteiger partial charge < -0.3 is 20.5 Å². The van der Waals surface area contributed by atoms with Crippen LogP contribution in [0.25, 0.3) is 0 Å². The number of rotatable bonds is 5. The Morgan fingerprint density at radius 2 is 2.19 bits per heavy atom. The molecule has 0 aliphatic heterocycles. The van der Waals surface area contributed by atoms with Crippen molar-refractivity contribution < 1.29 is 9.84 Å². The zero-order valence-electron chi connectivity index (χ0n) is 12.8. The first-order chi connectivity index (χ1) is 10.1. The molecule has 0 spiro atoms. The van der Waals surface area contributed by atoms with E-state index in [4.69, 9.17) is 10.5 Å². The van der Waals surface area contributed by atoms with Crippen LogP contribution in [0.5, 0.6) is 5.75 Å². The van der Waals surface area contributed by atoms with Crippen LogP contribution in [0.4, 0.5) is 0 Å². The molecule has 1 aliphatic rings. The minimum atomic E-state index is -0.0810. The summed E-state index contributed by atoms with van der Waals surface area (Å²) in [6.45, 7) is 2.23. The summed E-state index contributed by atoms with van der Waals surface area (Å²) in [5.41, 5.74) is 7.52. The summed E-state index contributed by atoms with van der Waals surface area (Å²) < 4.78 is 5.32. The monoisotopic (exact) mass is 288 g/mol. The Morgan fingerprint density at radius 1 is 1.43 bits per heavy atom. The first-order valence-electron chi connectivity index (χ1n) is 7.34. The lowest BCUT2D eigenvalue weighted by atomic mass is 9.82. The van der Waals surface area contributed by atoms with E-state index in [0.29, 0.717) is 12.5 Å². The van der Waals surface area contributed by atoms with Gasteiger partial charge in [0.25, 0.3) is 0 Å². The minimum absolute atomic E-state index is 0.0810. The highest BCUT2D eigenvalue weighted by molar-refractivity contribution is 5.48. The van der Waals surface area contributed by atoms with Crippen LogP contribution < -0.4 is 10.5 Å². The Kier molecular flexibility index (Phi) is 5.63. The molecule has 0 aromatic heterocycles. The van der Waals surface area contributed by atoms with Crippen molar-refractivity contribution in [1.29, 1.82) is 0 Å². The molecule has 21 heavy (non-hydrogen) atoms. The van der Waals surface area contributed by atoms with Crippen molar-refractivity contribution in [3.05, 3.63) is 29.3 Å². The summed E-state index contributed by atoms with van der Waals surface area (Å²) in [7, 11) is 3.76. The molecule has 0 atom stereocenters. The highest BCUT2D eigenvalue weighted by atomic mass is 16.5. The lowest BCUT2D eigenvalue weighted by Crippen LogP contribution is -2.36. The van der Waals surface area contributed by atoms with Crippen LogP contribution in [0.3, 0.4) is 0 Å². The van der Waals surface area contributed by atoms with Crippen LogP contribution >= 0.6 is 0 Å². The molecule has 1 aliphatic carbocycles. The average Bonchev–Trinajstić information content (AvgIpc) is 2.43. The Bertz CT molecular complexity index is 527. The van der Waals surface area contributed by atoms with Crippen molar-refractivity contribution in [2.75, 3.05) is 27.2 Å². The topological polar surface area (TPSA) is 58.7 Å². The van der Waals surface area contributed by atoms with E-state index < -0.39 is 0 Å². The number of aliphatic hydroxyl groups is 1. The fourth-order valence-electron chi connectivity index (χ4n) is 2.76. The molecule has 0 bridgehead atoms. The second kappa shape index (κ2) is 7.46. The Hall–Kier alpha value is -1.54. The Balaban J connectivity index is 1.99. The van der Waals surface area contributed by atoms with Crippen LogP contribution in [0.2, 0.25) is 0 Å². The van der Waals surface area contributed by atoms with Gasteiger partial charge in [-0.05, 0) is 43.5 Å². The van der Waals surface area contributed by atoms with Gasteiger partial charge in [0, 0.05) is 13.1 Å². The van der Waals surface area contributed by atoms with E-state index >= 15 is 0 Å². The number of aliphatic hydroxyl groups excluding tert-OH is 1. The molecule has 1 aromatic carbocycles. The van der Waals surface area contributed by atoms with E-state index in [-0.39, 0.29) is 6.10 Å². The van der Waals surface area contributed by atoms with Gasteiger partial charge in [0.1, 0.15) is 5.75 Å². The van der Waals surface area contributed by atoms with Gasteiger partial charge in [0.05, 0.1) is 25.3 Å². The Morgan fingerprint density at radius 3 is 2.81 bits per heavy atom. The predicted molar refractivity (Wildman–Crippen MR) is 84.0 cm³/mol. The summed E-state index contributed by atoms with van der Waals surface area (Å²) in [6.07, 6.45) is 1.78. The van der Waals surface area contributed by atoms with Crippen molar-refractivity contribution in [3.8, 4) is 17.6 Å². The molecule has 1 fully saturated rings. The molecular weight excluding hydrogens is 264 g/mol. The van der Waals surface area contributed by atoms with Gasteiger partial charge in [-0.1, -0.05) is 17.9 Å². The lowest BCUT2D eigenvalue weighted by molar-refractivity contribution is 0.0274. The predicted octanol–water partition coefficient (Wildman–Crippen LogP) is 1.21. The van der Waals surface area contributed by atoms with Gasteiger partial charge in [-0.25, -0.2) is 0 Å². The second-order valence-electron chi connectivity index (χ2n) is 5.73. The van der Waals surface area contributed by atoms with E-state index in [9.17, 15) is 5.11 Å². The van der Waals surface area contributed by atoms with Crippen molar-refractivity contribution in [3.63, 3.8) is 0 Å². The fourth-order valence-corrected chi connectivity index (χ4v) is 2.76. The van der Waals surface area contributed by atoms with Crippen LogP contribution in [-0.2, 0) is 6.54 Å². The molecule has 4 nitrogen and oxygen atoms in total. The third kappa shape index (κ3) is 4.47. The molecule has 3 N–H and O–H groups in total. The van der Waals surface area contributed by atoms with Crippen LogP contribution in [-0.4, -0.2) is 43.4 Å². The summed E-state index contributed by atoms with van der Waals surface area (Å²) in [5.74, 6) is 7.33. The number of hydrogen-bond acceptors (Lipinski definition) is 4. The van der Waals surface area contributed by atoms with Crippen LogP contribution in [0, 0.1) is 17.8 Å². The number of ether oxygens (including phenoxy) is 1. The molecule has 0 saturated heterocycles. The van der Waals surface area contributed by atoms with Crippen molar-refractivity contribution in [1.82, 2.24) is 4.90 Å². The molecule has 0 unspecified atom stereocenters. The molecule has 0 amide bonds. The highest BCUT2D eigenvalue weighted by Crippen LogP contribution is 2.28. The summed E-state index contributed by atoms with van der Waals surface area (Å²) in [5, 5.41) is 9.34. The van der Waals surface area contributed by atoms with Gasteiger partial charge in [0.15, 0.2) is 0 Å². The molecule has 0 radical (unpaired) electrons. The number of hydrogen-bond donors (Lipinski definition) is 2. The van der Waals surface area contributed by atoms with E-state index in [1.54, 1.807) is 7.11 Å². The lowest BCUT2D eigenvalue weighted by Gasteiger charge is -2.34. The van der Waals surface area contributed by atoms with Crippen LogP contribution in [0.1, 0.15) is 24.0 Å². The Labute approximate surface area is 126 Å². The molecule has 2 rings (SSSR count). The van der Waals surface area contributed by atoms with E-state index in [2.05, 4.69) is 35.9 Å². The number of methoxy groups -OCH3 is 1. The first kappa shape index (κ1) is 15.8. The van der Waals surface area contributed by atoms with E-state index in [0.717, 1.165) is 37.2 Å². The second-order valence-corrected chi connectivity index (χ2v) is 5.73. The maximum atomic E-state index is 9.34. The van der Waals surface area contributed by atoms with Crippen molar-refractivity contribution in [2.45, 2.75) is 25.5 Å². The molecule has 0 heterocycles. The highest BCUT2D eigenvalue weighted by Gasteiger charge is 2.27. The zero-order chi connectivity index (χ0) is 15.2. The van der Waals surface area contributed by atoms with Gasteiger partial charge in [-0.3, -0.25) is 0 Å². The third-order valence-corrected chi connectivity index (χ3v) is 3.82. The SMILES string of the molecule is COc1ccc(CN(C)CC2CC(O)C2)cc1C#CCN. The van der Waals surface area contributed by atoms with E-state index in [1.807, 2.05) is 6.07 Å². The standard InChI is InChI=1S/C17H24N2O2/c1-19(12-14-9-16(20)10-14)11-13-5-6-17(21-2)15(8-13)4-3-7-18/h5-6,8,14,16,20H,7,9-12,18H2,1-2H3. The zero-order valence-corrected chi connectivity index (χ0v) is 12.8. The molecule has 4 heteroatoms. The molecule has 114 valence electrons. The first-order valence-corrected chi connectivity index (χ1v) is 7.34. The number of nitrogens with zero attached hydrogens (tertiary/aromatic N) is 1. The van der Waals surface area contributed by atoms with Crippen LogP contribution in [0.15, 0.2) is 18.2 Å². The quantitative estimate of drug-likeness (QED) is 0.800. The van der Waals surface area contributed by atoms with Gasteiger partial charge in [-0.15, -0.1) is 0 Å². The fraction of sp³-hybridized carbons (Fsp3) is 0.529. The minimum Gasteiger partial charge on any atom is -0.495 e. The maximum Gasteiger partial charge on any atom is 0.134 e. The average molecular weight is 288 g/mol. The summed E-state index contributed by atoms with van der Waals surface area (Å²) in [4.78, 5) is 2.29. The van der Waals surface area contributed by atoms with Gasteiger partial charge in [0.2, 0.25) is 0 Å². The molecular formula is C17H24N2O2. The normalized spacial score (nSPS) is 20.6. The maximum absolute atomic E-state index is 9.34. The summed E-state index contributed by atoms with van der Waals surface area (Å²) in [6, 6.07) is 6.09. The third-order valence-electron chi connectivity index (χ3n) is 3.82. The van der Waals surface area contributed by atoms with Crippen molar-refractivity contribution in [2.24, 2.45) is 11.7 Å². The van der Waals surface area contributed by atoms with Gasteiger partial charge in [-0.2, -0.15) is 0 Å². The number of benzene rings is 1. The smallest absolute Gasteiger partial charge is 0.134 e. The van der Waals surface area contributed by atoms with Gasteiger partial charge >= 0.3 is 0 Å². The van der Waals surface area contributed by atoms with E-state index in [1.165, 1.54) is 5.56 Å². The largest absolute Gasteiger partial charge is 0.495 e. The van der Waals surface area contributed by atoms with Crippen molar-refractivity contribution >= 4 is 0 Å². The molecule has 1 saturated carbocycles. The number of nitrogens with two attached hydrogens (primary N) is 1. The summed E-state index contributed by atoms with van der Waals surface area (Å²) >= 11 is 0.